The topological polar surface area (TPSA) is 89.6 Å². The quantitative estimate of drug-likeness (QED) is 0.163. The van der Waals surface area contributed by atoms with Gasteiger partial charge in [0.05, 0.1) is 22.1 Å². The van der Waals surface area contributed by atoms with Crippen molar-refractivity contribution in [1.82, 2.24) is 15.1 Å². The van der Waals surface area contributed by atoms with Crippen LogP contribution in [0.5, 0.6) is 11.5 Å². The summed E-state index contributed by atoms with van der Waals surface area (Å²) in [7, 11) is 1.70. The first-order valence-electron chi connectivity index (χ1n) is 18.7. The lowest BCUT2D eigenvalue weighted by molar-refractivity contribution is -0.129. The molecule has 1 aliphatic carbocycles. The molecule has 2 amide bonds. The highest BCUT2D eigenvalue weighted by atomic mass is 35.5. The fourth-order valence-corrected chi connectivity index (χ4v) is 8.11. The van der Waals surface area contributed by atoms with Crippen molar-refractivity contribution in [2.45, 2.75) is 90.1 Å². The zero-order chi connectivity index (χ0) is 38.6. The molecule has 0 spiro atoms. The monoisotopic (exact) mass is 797 g/mol. The van der Waals surface area contributed by atoms with Gasteiger partial charge in [0.1, 0.15) is 24.6 Å². The number of nitrogens with zero attached hydrogens (tertiary/aromatic N) is 2. The van der Waals surface area contributed by atoms with Crippen LogP contribution in [-0.2, 0) is 27.2 Å². The van der Waals surface area contributed by atoms with Crippen LogP contribution in [0.25, 0.3) is 5.57 Å². The molecule has 2 bridgehead atoms. The molecule has 2 atom stereocenters. The Morgan fingerprint density at radius 3 is 2.28 bits per heavy atom. The first kappa shape index (κ1) is 40.2. The van der Waals surface area contributed by atoms with Crippen LogP contribution < -0.4 is 14.8 Å². The molecule has 2 heterocycles. The van der Waals surface area contributed by atoms with E-state index in [9.17, 15) is 4.79 Å². The second kappa shape index (κ2) is 17.5. The number of nitrogens with one attached hydrogen (secondary N) is 1. The van der Waals surface area contributed by atoms with E-state index in [1.54, 1.807) is 24.1 Å². The Bertz CT molecular complexity index is 1830. The minimum Gasteiger partial charge on any atom is -0.490 e. The van der Waals surface area contributed by atoms with Crippen molar-refractivity contribution < 1.29 is 28.5 Å². The number of halogens is 3. The summed E-state index contributed by atoms with van der Waals surface area (Å²) in [6.07, 6.45) is 3.66. The van der Waals surface area contributed by atoms with Crippen LogP contribution in [0, 0.1) is 6.92 Å². The summed E-state index contributed by atoms with van der Waals surface area (Å²) < 4.78 is 23.0. The van der Waals surface area contributed by atoms with Crippen LogP contribution in [0.3, 0.4) is 0 Å². The number of carbonyl (C=O) groups is 2. The van der Waals surface area contributed by atoms with E-state index in [0.717, 1.165) is 53.5 Å². The van der Waals surface area contributed by atoms with Gasteiger partial charge in [0.25, 0.3) is 5.91 Å². The van der Waals surface area contributed by atoms with Gasteiger partial charge in [0.2, 0.25) is 0 Å². The van der Waals surface area contributed by atoms with Crippen molar-refractivity contribution in [2.75, 3.05) is 40.0 Å². The van der Waals surface area contributed by atoms with Gasteiger partial charge in [-0.1, -0.05) is 59.1 Å². The maximum atomic E-state index is 15.1. The summed E-state index contributed by atoms with van der Waals surface area (Å²) in [5.41, 5.74) is 4.78. The van der Waals surface area contributed by atoms with Crippen LogP contribution in [0.2, 0.25) is 15.1 Å². The molecule has 0 aromatic heterocycles. The predicted octanol–water partition coefficient (Wildman–Crippen LogP) is 8.92. The Kier molecular flexibility index (Phi) is 13.1. The van der Waals surface area contributed by atoms with Crippen LogP contribution in [0.15, 0.2) is 60.2 Å². The normalized spacial score (nSPS) is 18.4. The smallest absolute Gasteiger partial charge is 0.411 e. The van der Waals surface area contributed by atoms with E-state index in [-0.39, 0.29) is 31.2 Å². The number of amides is 2. The van der Waals surface area contributed by atoms with Gasteiger partial charge in [-0.15, -0.1) is 0 Å². The van der Waals surface area contributed by atoms with Gasteiger partial charge in [-0.25, -0.2) is 4.79 Å². The lowest BCUT2D eigenvalue weighted by Crippen LogP contribution is -2.64. The predicted molar refractivity (Wildman–Crippen MR) is 214 cm³/mol. The molecule has 54 heavy (non-hydrogen) atoms. The lowest BCUT2D eigenvalue weighted by Gasteiger charge is -2.48. The van der Waals surface area contributed by atoms with Gasteiger partial charge in [-0.05, 0) is 118 Å². The highest BCUT2D eigenvalue weighted by Gasteiger charge is 2.47. The molecular weight excluding hydrogens is 749 g/mol. The summed E-state index contributed by atoms with van der Waals surface area (Å²) in [5, 5.41) is 5.03. The molecule has 1 N–H and O–H groups in total. The zero-order valence-electron chi connectivity index (χ0n) is 31.7. The summed E-state index contributed by atoms with van der Waals surface area (Å²) in [6, 6.07) is 16.8. The number of ether oxygens (including phenoxy) is 4. The lowest BCUT2D eigenvalue weighted by atomic mass is 9.82. The Morgan fingerprint density at radius 1 is 0.907 bits per heavy atom. The van der Waals surface area contributed by atoms with Crippen molar-refractivity contribution in [3.63, 3.8) is 0 Å². The third-order valence-electron chi connectivity index (χ3n) is 9.84. The summed E-state index contributed by atoms with van der Waals surface area (Å²) in [5.74, 6) is 1.01. The van der Waals surface area contributed by atoms with Gasteiger partial charge in [-0.2, -0.15) is 0 Å². The maximum absolute atomic E-state index is 15.1. The van der Waals surface area contributed by atoms with Gasteiger partial charge >= 0.3 is 6.09 Å². The summed E-state index contributed by atoms with van der Waals surface area (Å²) in [4.78, 5) is 32.7. The molecule has 9 nitrogen and oxygen atoms in total. The van der Waals surface area contributed by atoms with Crippen LogP contribution in [0.4, 0.5) is 4.79 Å². The molecule has 3 aromatic carbocycles. The zero-order valence-corrected chi connectivity index (χ0v) is 34.0. The first-order valence-corrected chi connectivity index (χ1v) is 19.8. The minimum atomic E-state index is -0.683. The average molecular weight is 799 g/mol. The number of rotatable bonds is 14. The van der Waals surface area contributed by atoms with Gasteiger partial charge in [0.15, 0.2) is 5.75 Å². The van der Waals surface area contributed by atoms with E-state index in [1.807, 2.05) is 69.0 Å². The van der Waals surface area contributed by atoms with Crippen LogP contribution in [-0.4, -0.2) is 85.5 Å². The molecule has 1 saturated carbocycles. The number of aryl methyl sites for hydroxylation is 2. The molecule has 0 radical (unpaired) electrons. The maximum Gasteiger partial charge on any atom is 0.411 e. The van der Waals surface area contributed by atoms with E-state index in [2.05, 4.69) is 11.4 Å². The van der Waals surface area contributed by atoms with Crippen LogP contribution in [0.1, 0.15) is 68.7 Å². The number of fused-ring (bicyclic) bond motifs is 2. The molecule has 2 fully saturated rings. The number of benzene rings is 3. The number of methoxy groups -OCH3 is 1. The molecule has 2 aliphatic heterocycles. The molecule has 1 saturated heterocycles. The first-order chi connectivity index (χ1) is 25.8. The van der Waals surface area contributed by atoms with E-state index in [0.29, 0.717) is 64.8 Å². The fraction of sp³-hybridized carbons (Fsp3) is 0.476. The fourth-order valence-electron chi connectivity index (χ4n) is 7.23. The minimum absolute atomic E-state index is 0.0834. The highest BCUT2D eigenvalue weighted by molar-refractivity contribution is 6.37. The number of hydrogen-bond acceptors (Lipinski definition) is 7. The summed E-state index contributed by atoms with van der Waals surface area (Å²) in [6.45, 7) is 10.1. The molecular formula is C42H50Cl3N3O6. The Morgan fingerprint density at radius 2 is 1.61 bits per heavy atom. The second-order valence-electron chi connectivity index (χ2n) is 15.3. The SMILES string of the molecule is COCCCc1ccc(Cl)c(CN(C(=O)C2=C(c3ccc(OCCOc4c(Cl)cc(C)cc4Cl)cc3)C[C@@H]3CNC[C@H]2N3C(=O)OC(C)(C)C)C2CC2)c1. The van der Waals surface area contributed by atoms with E-state index >= 15 is 4.79 Å². The van der Waals surface area contributed by atoms with Gasteiger partial charge in [0, 0.05) is 50.0 Å². The largest absolute Gasteiger partial charge is 0.490 e. The van der Waals surface area contributed by atoms with Crippen molar-refractivity contribution in [3.05, 3.63) is 97.5 Å². The molecule has 0 unspecified atom stereocenters. The molecule has 6 rings (SSSR count). The Balaban J connectivity index is 1.28. The Labute approximate surface area is 333 Å². The van der Waals surface area contributed by atoms with Crippen molar-refractivity contribution in [2.24, 2.45) is 0 Å². The van der Waals surface area contributed by atoms with E-state index < -0.39 is 17.7 Å². The second-order valence-corrected chi connectivity index (χ2v) is 16.5. The molecule has 12 heteroatoms. The summed E-state index contributed by atoms with van der Waals surface area (Å²) >= 11 is 19.5. The molecule has 290 valence electrons. The molecule has 3 aliphatic rings. The highest BCUT2D eigenvalue weighted by Crippen LogP contribution is 2.41. The van der Waals surface area contributed by atoms with Crippen molar-refractivity contribution in [1.29, 1.82) is 0 Å². The average Bonchev–Trinajstić information content (AvgIpc) is 3.95. The third-order valence-corrected chi connectivity index (χ3v) is 10.8. The van der Waals surface area contributed by atoms with Crippen molar-refractivity contribution in [3.8, 4) is 11.5 Å². The number of carbonyl (C=O) groups excluding carboxylic acids is 2. The third kappa shape index (κ3) is 9.84. The molecule has 3 aromatic rings. The Hall–Kier alpha value is -3.47. The van der Waals surface area contributed by atoms with Crippen molar-refractivity contribution >= 4 is 52.4 Å². The number of piperazine rings is 1. The van der Waals surface area contributed by atoms with E-state index in [1.165, 1.54) is 0 Å². The number of hydrogen-bond donors (Lipinski definition) is 1. The standard InChI is InChI=1S/C42H50Cl3N3O6/c1-26-19-35(44)39(36(45)20-26)53-18-17-52-32-13-9-28(10-14-32)33-22-31-23-46-24-37(48(31)41(50)54-42(2,3)4)38(33)40(49)47(30-11-12-30)25-29-21-27(7-6-16-51-5)8-15-34(29)43/h8-10,13-15,19-21,30-31,37,46H,6-7,11-12,16-18,22-25H2,1-5H3/t31-,37-/m1/s1. The van der Waals surface area contributed by atoms with Gasteiger partial charge in [-0.3, -0.25) is 9.69 Å². The van der Waals surface area contributed by atoms with E-state index in [4.69, 9.17) is 53.8 Å². The van der Waals surface area contributed by atoms with Gasteiger partial charge < -0.3 is 29.2 Å². The van der Waals surface area contributed by atoms with Crippen LogP contribution >= 0.6 is 34.8 Å².